The minimum Gasteiger partial charge on any atom is -0.386 e. The third-order valence-electron chi connectivity index (χ3n) is 3.30. The molecule has 1 aromatic rings. The fourth-order valence-corrected chi connectivity index (χ4v) is 2.55. The smallest absolute Gasteiger partial charge is 0.0995 e. The summed E-state index contributed by atoms with van der Waals surface area (Å²) in [6.45, 7) is 5.63. The van der Waals surface area contributed by atoms with Gasteiger partial charge in [0, 0.05) is 23.7 Å². The molecule has 0 spiro atoms. The van der Waals surface area contributed by atoms with Crippen LogP contribution in [-0.4, -0.2) is 29.1 Å². The Morgan fingerprint density at radius 2 is 2.11 bits per heavy atom. The fourth-order valence-electron chi connectivity index (χ4n) is 2.31. The lowest BCUT2D eigenvalue weighted by molar-refractivity contribution is 0.0787. The van der Waals surface area contributed by atoms with E-state index in [1.165, 1.54) is 0 Å². The largest absolute Gasteiger partial charge is 0.386 e. The first-order chi connectivity index (χ1) is 8.74. The molecule has 0 fully saturated rings. The summed E-state index contributed by atoms with van der Waals surface area (Å²) < 4.78 is 0. The lowest BCUT2D eigenvalue weighted by Gasteiger charge is -2.33. The Labute approximate surface area is 113 Å². The number of aliphatic hydroxyl groups excluding tert-OH is 1. The maximum atomic E-state index is 10.5. The van der Waals surface area contributed by atoms with E-state index >= 15 is 0 Å². The second kappa shape index (κ2) is 6.19. The Kier molecular flexibility index (Phi) is 4.59. The van der Waals surface area contributed by atoms with E-state index in [-0.39, 0.29) is 6.04 Å². The monoisotopic (exact) mass is 263 g/mol. The summed E-state index contributed by atoms with van der Waals surface area (Å²) in [5.74, 6) is 0. The van der Waals surface area contributed by atoms with Crippen LogP contribution in [0.1, 0.15) is 18.1 Å². The van der Waals surface area contributed by atoms with Crippen molar-refractivity contribution in [2.75, 3.05) is 13.1 Å². The van der Waals surface area contributed by atoms with Crippen LogP contribution in [0.3, 0.4) is 0 Å². The van der Waals surface area contributed by atoms with Crippen LogP contribution in [0, 0.1) is 0 Å². The minimum absolute atomic E-state index is 0.102. The van der Waals surface area contributed by atoms with Gasteiger partial charge < -0.3 is 5.11 Å². The van der Waals surface area contributed by atoms with E-state index in [9.17, 15) is 5.11 Å². The molecule has 2 nitrogen and oxygen atoms in total. The van der Waals surface area contributed by atoms with Crippen LogP contribution in [0.15, 0.2) is 49.1 Å². The first-order valence-corrected chi connectivity index (χ1v) is 6.56. The van der Waals surface area contributed by atoms with Gasteiger partial charge in [-0.2, -0.15) is 0 Å². The quantitative estimate of drug-likeness (QED) is 0.844. The summed E-state index contributed by atoms with van der Waals surface area (Å²) in [5, 5.41) is 11.1. The van der Waals surface area contributed by atoms with Crippen LogP contribution in [0.4, 0.5) is 0 Å². The lowest BCUT2D eigenvalue weighted by atomic mass is 10.00. The molecule has 2 unspecified atom stereocenters. The van der Waals surface area contributed by atoms with E-state index in [2.05, 4.69) is 23.6 Å². The summed E-state index contributed by atoms with van der Waals surface area (Å²) in [6.07, 6.45) is 6.47. The number of benzene rings is 1. The Morgan fingerprint density at radius 1 is 1.33 bits per heavy atom. The van der Waals surface area contributed by atoms with Crippen molar-refractivity contribution >= 4 is 11.6 Å². The molecular weight excluding hydrogens is 246 g/mol. The molecule has 1 aliphatic heterocycles. The molecule has 0 saturated carbocycles. The average Bonchev–Trinajstić information content (AvgIpc) is 2.41. The van der Waals surface area contributed by atoms with E-state index < -0.39 is 6.10 Å². The first kappa shape index (κ1) is 13.3. The van der Waals surface area contributed by atoms with E-state index in [1.807, 2.05) is 18.2 Å². The van der Waals surface area contributed by atoms with Gasteiger partial charge in [0.05, 0.1) is 12.1 Å². The van der Waals surface area contributed by atoms with E-state index in [0.29, 0.717) is 5.02 Å². The number of nitrogens with zero attached hydrogens (tertiary/aromatic N) is 1. The Morgan fingerprint density at radius 3 is 2.72 bits per heavy atom. The highest BCUT2D eigenvalue weighted by molar-refractivity contribution is 6.31. The number of hydrogen-bond donors (Lipinski definition) is 1. The molecule has 0 amide bonds. The van der Waals surface area contributed by atoms with Crippen molar-refractivity contribution in [3.63, 3.8) is 0 Å². The maximum absolute atomic E-state index is 10.5. The van der Waals surface area contributed by atoms with E-state index in [0.717, 1.165) is 25.1 Å². The molecule has 96 valence electrons. The maximum Gasteiger partial charge on any atom is 0.0995 e. The van der Waals surface area contributed by atoms with Crippen molar-refractivity contribution in [3.05, 3.63) is 59.7 Å². The highest BCUT2D eigenvalue weighted by Crippen LogP contribution is 2.28. The van der Waals surface area contributed by atoms with Crippen LogP contribution in [0.5, 0.6) is 0 Å². The second-order valence-electron chi connectivity index (χ2n) is 4.45. The van der Waals surface area contributed by atoms with Gasteiger partial charge in [0.15, 0.2) is 0 Å². The number of halogens is 1. The zero-order chi connectivity index (χ0) is 13.0. The second-order valence-corrected chi connectivity index (χ2v) is 4.85. The van der Waals surface area contributed by atoms with Gasteiger partial charge in [-0.05, 0) is 12.5 Å². The average molecular weight is 264 g/mol. The molecule has 2 rings (SSSR count). The predicted octanol–water partition coefficient (Wildman–Crippen LogP) is 3.19. The van der Waals surface area contributed by atoms with Gasteiger partial charge in [-0.15, -0.1) is 6.58 Å². The Balaban J connectivity index is 2.19. The van der Waals surface area contributed by atoms with Gasteiger partial charge in [-0.1, -0.05) is 48.0 Å². The van der Waals surface area contributed by atoms with Gasteiger partial charge >= 0.3 is 0 Å². The standard InChI is InChI=1S/C15H18ClNO/c1-2-14(17-10-6-3-7-11-17)15(18)12-8-4-5-9-13(12)16/h2-6,8-9,14-15,18H,1,7,10-11H2. The van der Waals surface area contributed by atoms with Crippen molar-refractivity contribution in [3.8, 4) is 0 Å². The van der Waals surface area contributed by atoms with Crippen LogP contribution < -0.4 is 0 Å². The normalized spacial score (nSPS) is 19.4. The number of aliphatic hydroxyl groups is 1. The number of rotatable bonds is 4. The minimum atomic E-state index is -0.636. The predicted molar refractivity (Wildman–Crippen MR) is 75.7 cm³/mol. The van der Waals surface area contributed by atoms with Crippen molar-refractivity contribution in [1.29, 1.82) is 0 Å². The summed E-state index contributed by atoms with van der Waals surface area (Å²) in [4.78, 5) is 2.21. The molecule has 3 heteroatoms. The van der Waals surface area contributed by atoms with Crippen molar-refractivity contribution in [1.82, 2.24) is 4.90 Å². The van der Waals surface area contributed by atoms with Crippen LogP contribution in [0.25, 0.3) is 0 Å². The zero-order valence-electron chi connectivity index (χ0n) is 10.3. The Hall–Kier alpha value is -1.09. The molecule has 0 aliphatic carbocycles. The van der Waals surface area contributed by atoms with Gasteiger partial charge in [0.1, 0.15) is 0 Å². The fraction of sp³-hybridized carbons (Fsp3) is 0.333. The van der Waals surface area contributed by atoms with Crippen LogP contribution in [-0.2, 0) is 0 Å². The Bertz CT molecular complexity index is 444. The third-order valence-corrected chi connectivity index (χ3v) is 3.64. The van der Waals surface area contributed by atoms with Crippen molar-refractivity contribution < 1.29 is 5.11 Å². The molecule has 1 heterocycles. The van der Waals surface area contributed by atoms with Crippen molar-refractivity contribution in [2.45, 2.75) is 18.6 Å². The highest BCUT2D eigenvalue weighted by atomic mass is 35.5. The molecule has 0 saturated heterocycles. The summed E-state index contributed by atoms with van der Waals surface area (Å²) >= 11 is 6.13. The number of hydrogen-bond acceptors (Lipinski definition) is 2. The highest BCUT2D eigenvalue weighted by Gasteiger charge is 2.25. The molecule has 1 N–H and O–H groups in total. The molecule has 0 radical (unpaired) electrons. The molecule has 2 atom stereocenters. The lowest BCUT2D eigenvalue weighted by Crippen LogP contribution is -2.40. The van der Waals surface area contributed by atoms with Gasteiger partial charge in [-0.3, -0.25) is 4.90 Å². The van der Waals surface area contributed by atoms with E-state index in [4.69, 9.17) is 11.6 Å². The van der Waals surface area contributed by atoms with Crippen LogP contribution in [0.2, 0.25) is 5.02 Å². The molecule has 1 aliphatic rings. The molecule has 0 bridgehead atoms. The third kappa shape index (κ3) is 2.83. The van der Waals surface area contributed by atoms with E-state index in [1.54, 1.807) is 12.1 Å². The summed E-state index contributed by atoms with van der Waals surface area (Å²) in [7, 11) is 0. The molecule has 1 aromatic carbocycles. The van der Waals surface area contributed by atoms with Crippen molar-refractivity contribution in [2.24, 2.45) is 0 Å². The molecule has 18 heavy (non-hydrogen) atoms. The molecule has 0 aromatic heterocycles. The zero-order valence-corrected chi connectivity index (χ0v) is 11.1. The SMILES string of the molecule is C=CC(C(O)c1ccccc1Cl)N1CC=CCC1. The van der Waals surface area contributed by atoms with Gasteiger partial charge in [-0.25, -0.2) is 0 Å². The summed E-state index contributed by atoms with van der Waals surface area (Å²) in [6, 6.07) is 7.32. The topological polar surface area (TPSA) is 23.5 Å². The van der Waals surface area contributed by atoms with Gasteiger partial charge in [0.2, 0.25) is 0 Å². The first-order valence-electron chi connectivity index (χ1n) is 6.18. The van der Waals surface area contributed by atoms with Gasteiger partial charge in [0.25, 0.3) is 0 Å². The summed E-state index contributed by atoms with van der Waals surface area (Å²) in [5.41, 5.74) is 0.763. The van der Waals surface area contributed by atoms with Crippen LogP contribution >= 0.6 is 11.6 Å². The molecular formula is C15H18ClNO.